The Morgan fingerprint density at radius 1 is 1.03 bits per heavy atom. The first-order valence-electron chi connectivity index (χ1n) is 9.55. The molecule has 30 heavy (non-hydrogen) atoms. The van der Waals surface area contributed by atoms with Crippen molar-refractivity contribution in [1.82, 2.24) is 10.6 Å². The third-order valence-electron chi connectivity index (χ3n) is 4.68. The Bertz CT molecular complexity index is 1040. The van der Waals surface area contributed by atoms with Crippen molar-refractivity contribution in [1.29, 1.82) is 0 Å². The Balaban J connectivity index is 1.80. The Hall–Kier alpha value is -3.80. The molecule has 0 aliphatic heterocycles. The van der Waals surface area contributed by atoms with Gasteiger partial charge in [-0.05, 0) is 61.4 Å². The highest BCUT2D eigenvalue weighted by Crippen LogP contribution is 2.18. The smallest absolute Gasteiger partial charge is 0.268 e. The van der Waals surface area contributed by atoms with Gasteiger partial charge in [-0.15, -0.1) is 0 Å². The summed E-state index contributed by atoms with van der Waals surface area (Å²) in [5, 5.41) is 5.63. The van der Waals surface area contributed by atoms with Gasteiger partial charge in [0.15, 0.2) is 0 Å². The van der Waals surface area contributed by atoms with E-state index in [1.807, 2.05) is 38.1 Å². The molecule has 0 aliphatic rings. The molecule has 0 saturated heterocycles. The first-order chi connectivity index (χ1) is 14.5. The Labute approximate surface area is 175 Å². The number of furan rings is 1. The van der Waals surface area contributed by atoms with Gasteiger partial charge < -0.3 is 19.8 Å². The Kier molecular flexibility index (Phi) is 6.70. The molecule has 6 nitrogen and oxygen atoms in total. The lowest BCUT2D eigenvalue weighted by molar-refractivity contribution is -0.118. The van der Waals surface area contributed by atoms with Crippen LogP contribution >= 0.6 is 0 Å². The standard InChI is InChI=1S/C24H24N2O4/c1-16-7-4-5-9-21(16)17(2)25-24(28)22(15-20-8-6-14-30-20)26-23(27)18-10-12-19(29-3)13-11-18/h4-15,17H,1-3H3,(H,25,28)(H,26,27)/b22-15-/t17-/m1/s1. The topological polar surface area (TPSA) is 80.6 Å². The Morgan fingerprint density at radius 3 is 2.40 bits per heavy atom. The molecule has 0 unspecified atom stereocenters. The molecule has 0 saturated carbocycles. The minimum atomic E-state index is -0.413. The van der Waals surface area contributed by atoms with Gasteiger partial charge in [0.05, 0.1) is 19.4 Å². The van der Waals surface area contributed by atoms with Crippen molar-refractivity contribution in [3.63, 3.8) is 0 Å². The van der Waals surface area contributed by atoms with Crippen LogP contribution in [0.2, 0.25) is 0 Å². The van der Waals surface area contributed by atoms with Crippen molar-refractivity contribution in [2.24, 2.45) is 0 Å². The summed E-state index contributed by atoms with van der Waals surface area (Å²) < 4.78 is 10.4. The quantitative estimate of drug-likeness (QED) is 0.577. The summed E-state index contributed by atoms with van der Waals surface area (Å²) in [5.41, 5.74) is 2.57. The summed E-state index contributed by atoms with van der Waals surface area (Å²) in [5.74, 6) is 0.277. The van der Waals surface area contributed by atoms with E-state index in [0.29, 0.717) is 17.1 Å². The lowest BCUT2D eigenvalue weighted by atomic mass is 10.0. The van der Waals surface area contributed by atoms with Crippen molar-refractivity contribution in [3.05, 3.63) is 95.1 Å². The number of ether oxygens (including phenoxy) is 1. The minimum absolute atomic E-state index is 0.0891. The summed E-state index contributed by atoms with van der Waals surface area (Å²) in [6.45, 7) is 3.89. The molecule has 0 fully saturated rings. The minimum Gasteiger partial charge on any atom is -0.497 e. The molecule has 2 aromatic carbocycles. The maximum absolute atomic E-state index is 13.0. The molecule has 6 heteroatoms. The van der Waals surface area contributed by atoms with Gasteiger partial charge in [-0.25, -0.2) is 0 Å². The second kappa shape index (κ2) is 9.60. The normalized spacial score (nSPS) is 12.2. The summed E-state index contributed by atoms with van der Waals surface area (Å²) in [6, 6.07) is 17.6. The van der Waals surface area contributed by atoms with Crippen LogP contribution in [0.25, 0.3) is 6.08 Å². The van der Waals surface area contributed by atoms with E-state index in [1.54, 1.807) is 43.5 Å². The molecular formula is C24H24N2O4. The number of amides is 2. The molecule has 1 aromatic heterocycles. The number of methoxy groups -OCH3 is 1. The SMILES string of the molecule is COc1ccc(C(=O)N/C(=C\c2ccco2)C(=O)N[C@H](C)c2ccccc2C)cc1. The van der Waals surface area contributed by atoms with Crippen molar-refractivity contribution in [2.75, 3.05) is 7.11 Å². The van der Waals surface area contributed by atoms with Crippen LogP contribution in [0, 0.1) is 6.92 Å². The average Bonchev–Trinajstić information content (AvgIpc) is 3.26. The van der Waals surface area contributed by atoms with Crippen molar-refractivity contribution >= 4 is 17.9 Å². The van der Waals surface area contributed by atoms with E-state index in [2.05, 4.69) is 10.6 Å². The fraction of sp³-hybridized carbons (Fsp3) is 0.167. The first kappa shape index (κ1) is 20.9. The molecule has 2 N–H and O–H groups in total. The molecule has 154 valence electrons. The zero-order valence-electron chi connectivity index (χ0n) is 17.1. The number of rotatable bonds is 7. The van der Waals surface area contributed by atoms with Crippen LogP contribution in [0.3, 0.4) is 0 Å². The van der Waals surface area contributed by atoms with Crippen LogP contribution in [0.4, 0.5) is 0 Å². The van der Waals surface area contributed by atoms with Crippen LogP contribution in [0.15, 0.2) is 77.0 Å². The van der Waals surface area contributed by atoms with E-state index in [-0.39, 0.29) is 11.7 Å². The molecule has 0 spiro atoms. The maximum atomic E-state index is 13.0. The van der Waals surface area contributed by atoms with Crippen LogP contribution < -0.4 is 15.4 Å². The van der Waals surface area contributed by atoms with Gasteiger partial charge in [0.2, 0.25) is 0 Å². The summed E-state index contributed by atoms with van der Waals surface area (Å²) >= 11 is 0. The number of hydrogen-bond donors (Lipinski definition) is 2. The van der Waals surface area contributed by atoms with Crippen LogP contribution in [0.5, 0.6) is 5.75 Å². The highest BCUT2D eigenvalue weighted by Gasteiger charge is 2.18. The van der Waals surface area contributed by atoms with E-state index < -0.39 is 11.8 Å². The highest BCUT2D eigenvalue weighted by atomic mass is 16.5. The molecule has 0 aliphatic carbocycles. The number of carbonyl (C=O) groups is 2. The van der Waals surface area contributed by atoms with Crippen LogP contribution in [0.1, 0.15) is 40.2 Å². The summed E-state index contributed by atoms with van der Waals surface area (Å²) in [7, 11) is 1.55. The number of aryl methyl sites for hydroxylation is 1. The molecule has 0 radical (unpaired) electrons. The van der Waals surface area contributed by atoms with E-state index in [1.165, 1.54) is 12.3 Å². The second-order valence-corrected chi connectivity index (χ2v) is 6.81. The number of benzene rings is 2. The first-order valence-corrected chi connectivity index (χ1v) is 9.55. The third kappa shape index (κ3) is 5.17. The molecule has 1 atom stereocenters. The van der Waals surface area contributed by atoms with E-state index >= 15 is 0 Å². The van der Waals surface area contributed by atoms with Crippen molar-refractivity contribution in [2.45, 2.75) is 19.9 Å². The lowest BCUT2D eigenvalue weighted by Gasteiger charge is -2.18. The van der Waals surface area contributed by atoms with Crippen LogP contribution in [-0.4, -0.2) is 18.9 Å². The zero-order valence-corrected chi connectivity index (χ0v) is 17.1. The molecular weight excluding hydrogens is 380 g/mol. The monoisotopic (exact) mass is 404 g/mol. The van der Waals surface area contributed by atoms with E-state index in [0.717, 1.165) is 11.1 Å². The third-order valence-corrected chi connectivity index (χ3v) is 4.68. The highest BCUT2D eigenvalue weighted by molar-refractivity contribution is 6.05. The fourth-order valence-corrected chi connectivity index (χ4v) is 3.04. The summed E-state index contributed by atoms with van der Waals surface area (Å²) in [4.78, 5) is 25.7. The predicted octanol–water partition coefficient (Wildman–Crippen LogP) is 4.24. The van der Waals surface area contributed by atoms with Gasteiger partial charge in [0, 0.05) is 11.6 Å². The average molecular weight is 404 g/mol. The maximum Gasteiger partial charge on any atom is 0.268 e. The van der Waals surface area contributed by atoms with Gasteiger partial charge in [-0.1, -0.05) is 24.3 Å². The van der Waals surface area contributed by atoms with Gasteiger partial charge >= 0.3 is 0 Å². The number of nitrogens with one attached hydrogen (secondary N) is 2. The molecule has 3 rings (SSSR count). The summed E-state index contributed by atoms with van der Waals surface area (Å²) in [6.07, 6.45) is 3.00. The fourth-order valence-electron chi connectivity index (χ4n) is 3.04. The zero-order chi connectivity index (χ0) is 21.5. The van der Waals surface area contributed by atoms with Gasteiger partial charge in [-0.3, -0.25) is 9.59 Å². The lowest BCUT2D eigenvalue weighted by Crippen LogP contribution is -2.36. The molecule has 1 heterocycles. The van der Waals surface area contributed by atoms with Crippen LogP contribution in [-0.2, 0) is 4.79 Å². The Morgan fingerprint density at radius 2 is 1.77 bits per heavy atom. The molecule has 2 amide bonds. The molecule has 3 aromatic rings. The van der Waals surface area contributed by atoms with E-state index in [9.17, 15) is 9.59 Å². The van der Waals surface area contributed by atoms with Gasteiger partial charge in [-0.2, -0.15) is 0 Å². The predicted molar refractivity (Wildman–Crippen MR) is 115 cm³/mol. The molecule has 0 bridgehead atoms. The largest absolute Gasteiger partial charge is 0.497 e. The van der Waals surface area contributed by atoms with Gasteiger partial charge in [0.25, 0.3) is 11.8 Å². The second-order valence-electron chi connectivity index (χ2n) is 6.81. The van der Waals surface area contributed by atoms with Crippen molar-refractivity contribution in [3.8, 4) is 5.75 Å². The van der Waals surface area contributed by atoms with E-state index in [4.69, 9.17) is 9.15 Å². The van der Waals surface area contributed by atoms with Gasteiger partial charge in [0.1, 0.15) is 17.2 Å². The van der Waals surface area contributed by atoms with Crippen molar-refractivity contribution < 1.29 is 18.7 Å². The number of hydrogen-bond acceptors (Lipinski definition) is 4. The number of carbonyl (C=O) groups excluding carboxylic acids is 2.